The van der Waals surface area contributed by atoms with Crippen LogP contribution in [0.4, 0.5) is 0 Å². The standard InChI is InChI=1S/C39H26N4S/c1-3-11-25(12-4-1)26-19-21-28(22-20-26)38-40-37(27-13-5-2-6-14-27)41-39(42-38)43-33-17-9-7-15-29(33)31-23-32-30-16-8-10-18-35(30)44-36(32)24-34(31)43/h1-24,37H,(H,40,41,42). The van der Waals surface area contributed by atoms with Crippen LogP contribution in [0.2, 0.25) is 0 Å². The van der Waals surface area contributed by atoms with Gasteiger partial charge in [-0.1, -0.05) is 121 Å². The van der Waals surface area contributed by atoms with Gasteiger partial charge in [-0.05, 0) is 41.0 Å². The van der Waals surface area contributed by atoms with Gasteiger partial charge in [0.25, 0.3) is 0 Å². The third-order valence-corrected chi connectivity index (χ3v) is 9.62. The van der Waals surface area contributed by atoms with Gasteiger partial charge in [-0.2, -0.15) is 4.99 Å². The number of para-hydroxylation sites is 1. The van der Waals surface area contributed by atoms with Crippen molar-refractivity contribution < 1.29 is 0 Å². The molecule has 8 aromatic rings. The number of rotatable bonds is 3. The minimum Gasteiger partial charge on any atom is -0.344 e. The van der Waals surface area contributed by atoms with Gasteiger partial charge < -0.3 is 5.32 Å². The molecule has 208 valence electrons. The molecule has 0 amide bonds. The fourth-order valence-electron chi connectivity index (χ4n) is 6.34. The number of thiophene rings is 1. The SMILES string of the molecule is c1ccc(-c2ccc(C3=NC(n4c5ccccc5c5cc6c(cc54)sc4ccccc46)=NC(c4ccccc4)N3)cc2)cc1. The quantitative estimate of drug-likeness (QED) is 0.221. The number of aliphatic imine (C=N–C) groups is 2. The highest BCUT2D eigenvalue weighted by Crippen LogP contribution is 2.40. The van der Waals surface area contributed by atoms with Gasteiger partial charge in [0.2, 0.25) is 5.96 Å². The van der Waals surface area contributed by atoms with E-state index in [4.69, 9.17) is 9.98 Å². The first-order valence-corrected chi connectivity index (χ1v) is 15.6. The van der Waals surface area contributed by atoms with E-state index in [0.717, 1.165) is 28.0 Å². The minimum atomic E-state index is -0.281. The van der Waals surface area contributed by atoms with E-state index in [1.54, 1.807) is 0 Å². The van der Waals surface area contributed by atoms with Gasteiger partial charge in [-0.15, -0.1) is 11.3 Å². The van der Waals surface area contributed by atoms with Crippen LogP contribution in [0, 0.1) is 0 Å². The lowest BCUT2D eigenvalue weighted by atomic mass is 10.0. The summed E-state index contributed by atoms with van der Waals surface area (Å²) in [4.78, 5) is 10.5. The molecule has 5 heteroatoms. The number of nitrogens with one attached hydrogen (secondary N) is 1. The topological polar surface area (TPSA) is 41.7 Å². The van der Waals surface area contributed by atoms with Crippen molar-refractivity contribution in [2.75, 3.05) is 0 Å². The van der Waals surface area contributed by atoms with Crippen LogP contribution >= 0.6 is 11.3 Å². The first-order valence-electron chi connectivity index (χ1n) is 14.8. The van der Waals surface area contributed by atoms with E-state index in [1.165, 1.54) is 42.1 Å². The fraction of sp³-hybridized carbons (Fsp3) is 0.0256. The zero-order valence-electron chi connectivity index (χ0n) is 23.7. The maximum absolute atomic E-state index is 5.24. The van der Waals surface area contributed by atoms with Crippen LogP contribution in [0.5, 0.6) is 0 Å². The Balaban J connectivity index is 1.26. The van der Waals surface area contributed by atoms with Crippen molar-refractivity contribution in [1.29, 1.82) is 0 Å². The minimum absolute atomic E-state index is 0.281. The number of hydrogen-bond donors (Lipinski definition) is 1. The van der Waals surface area contributed by atoms with Gasteiger partial charge >= 0.3 is 0 Å². The van der Waals surface area contributed by atoms with E-state index in [2.05, 4.69) is 143 Å². The molecule has 4 nitrogen and oxygen atoms in total. The van der Waals surface area contributed by atoms with Crippen LogP contribution in [-0.4, -0.2) is 16.4 Å². The van der Waals surface area contributed by atoms with Crippen LogP contribution in [0.25, 0.3) is 53.1 Å². The molecule has 1 unspecified atom stereocenters. The Hall–Kier alpha value is -5.52. The molecule has 2 aromatic heterocycles. The molecule has 9 rings (SSSR count). The Morgan fingerprint density at radius 2 is 1.18 bits per heavy atom. The maximum Gasteiger partial charge on any atom is 0.234 e. The summed E-state index contributed by atoms with van der Waals surface area (Å²) in [5, 5.41) is 8.62. The number of fused-ring (bicyclic) bond motifs is 6. The summed E-state index contributed by atoms with van der Waals surface area (Å²) in [5.41, 5.74) is 6.69. The van der Waals surface area contributed by atoms with E-state index >= 15 is 0 Å². The average Bonchev–Trinajstić information content (AvgIpc) is 3.62. The molecular formula is C39H26N4S. The molecule has 44 heavy (non-hydrogen) atoms. The number of nitrogens with zero attached hydrogens (tertiary/aromatic N) is 3. The van der Waals surface area contributed by atoms with Crippen LogP contribution in [0.3, 0.4) is 0 Å². The average molecular weight is 583 g/mol. The first-order chi connectivity index (χ1) is 21.8. The normalized spacial score (nSPS) is 15.0. The fourth-order valence-corrected chi connectivity index (χ4v) is 7.46. The van der Waals surface area contributed by atoms with Gasteiger partial charge in [0, 0.05) is 36.5 Å². The van der Waals surface area contributed by atoms with Crippen molar-refractivity contribution in [3.05, 3.63) is 157 Å². The van der Waals surface area contributed by atoms with Crippen LogP contribution in [0.15, 0.2) is 156 Å². The van der Waals surface area contributed by atoms with Crippen LogP contribution in [0.1, 0.15) is 17.3 Å². The predicted octanol–water partition coefficient (Wildman–Crippen LogP) is 9.78. The highest BCUT2D eigenvalue weighted by molar-refractivity contribution is 7.25. The first kappa shape index (κ1) is 25.0. The summed E-state index contributed by atoms with van der Waals surface area (Å²) in [6.07, 6.45) is -0.281. The summed E-state index contributed by atoms with van der Waals surface area (Å²) in [6.45, 7) is 0. The summed E-state index contributed by atoms with van der Waals surface area (Å²) < 4.78 is 4.80. The van der Waals surface area contributed by atoms with Crippen molar-refractivity contribution in [3.8, 4) is 11.1 Å². The van der Waals surface area contributed by atoms with Gasteiger partial charge in [-0.25, -0.2) is 4.99 Å². The Labute approximate surface area is 258 Å². The van der Waals surface area contributed by atoms with E-state index in [9.17, 15) is 0 Å². The lowest BCUT2D eigenvalue weighted by molar-refractivity contribution is 0.668. The molecule has 0 aliphatic carbocycles. The molecule has 0 radical (unpaired) electrons. The summed E-state index contributed by atoms with van der Waals surface area (Å²) in [5.74, 6) is 1.48. The summed E-state index contributed by atoms with van der Waals surface area (Å²) in [6, 6.07) is 51.4. The molecule has 1 aliphatic rings. The Kier molecular flexibility index (Phi) is 5.71. The molecular weight excluding hydrogens is 557 g/mol. The molecule has 6 aromatic carbocycles. The third kappa shape index (κ3) is 4.05. The number of benzene rings is 6. The molecule has 0 saturated heterocycles. The zero-order chi connectivity index (χ0) is 29.0. The molecule has 0 saturated carbocycles. The van der Waals surface area contributed by atoms with Crippen molar-refractivity contribution in [1.82, 2.24) is 9.88 Å². The third-order valence-electron chi connectivity index (χ3n) is 8.48. The highest BCUT2D eigenvalue weighted by atomic mass is 32.1. The van der Waals surface area contributed by atoms with Crippen LogP contribution < -0.4 is 5.32 Å². The molecule has 0 bridgehead atoms. The highest BCUT2D eigenvalue weighted by Gasteiger charge is 2.24. The number of hydrogen-bond acceptors (Lipinski definition) is 4. The lowest BCUT2D eigenvalue weighted by Crippen LogP contribution is -2.35. The van der Waals surface area contributed by atoms with Gasteiger partial charge in [0.1, 0.15) is 12.0 Å². The zero-order valence-corrected chi connectivity index (χ0v) is 24.5. The lowest BCUT2D eigenvalue weighted by Gasteiger charge is -2.24. The molecule has 1 atom stereocenters. The Bertz CT molecular complexity index is 2400. The Morgan fingerprint density at radius 1 is 0.523 bits per heavy atom. The maximum atomic E-state index is 5.24. The summed E-state index contributed by atoms with van der Waals surface area (Å²) in [7, 11) is 0. The second kappa shape index (κ2) is 10.0. The summed E-state index contributed by atoms with van der Waals surface area (Å²) >= 11 is 1.83. The van der Waals surface area contributed by atoms with E-state index in [0.29, 0.717) is 5.96 Å². The largest absolute Gasteiger partial charge is 0.344 e. The molecule has 0 fully saturated rings. The van der Waals surface area contributed by atoms with Gasteiger partial charge in [0.15, 0.2) is 0 Å². The van der Waals surface area contributed by atoms with Crippen molar-refractivity contribution in [2.24, 2.45) is 9.98 Å². The van der Waals surface area contributed by atoms with Crippen molar-refractivity contribution in [3.63, 3.8) is 0 Å². The number of aromatic nitrogens is 1. The van der Waals surface area contributed by atoms with E-state index < -0.39 is 0 Å². The Morgan fingerprint density at radius 3 is 2.00 bits per heavy atom. The molecule has 3 heterocycles. The van der Waals surface area contributed by atoms with E-state index in [1.807, 2.05) is 23.5 Å². The number of amidine groups is 1. The predicted molar refractivity (Wildman–Crippen MR) is 186 cm³/mol. The second-order valence-corrected chi connectivity index (χ2v) is 12.2. The van der Waals surface area contributed by atoms with Crippen molar-refractivity contribution in [2.45, 2.75) is 6.17 Å². The van der Waals surface area contributed by atoms with Gasteiger partial charge in [0.05, 0.1) is 11.0 Å². The van der Waals surface area contributed by atoms with Gasteiger partial charge in [-0.3, -0.25) is 4.57 Å². The smallest absolute Gasteiger partial charge is 0.234 e. The second-order valence-electron chi connectivity index (χ2n) is 11.1. The van der Waals surface area contributed by atoms with Crippen molar-refractivity contribution >= 4 is 65.1 Å². The molecule has 1 N–H and O–H groups in total. The monoisotopic (exact) mass is 582 g/mol. The van der Waals surface area contributed by atoms with E-state index in [-0.39, 0.29) is 6.17 Å². The van der Waals surface area contributed by atoms with Crippen LogP contribution in [-0.2, 0) is 0 Å². The molecule has 1 aliphatic heterocycles. The molecule has 0 spiro atoms.